The van der Waals surface area contributed by atoms with Gasteiger partial charge in [-0.05, 0) is 0 Å². The quantitative estimate of drug-likeness (QED) is 0.383. The van der Waals surface area contributed by atoms with Crippen LogP contribution in [0.2, 0.25) is 0 Å². The molecule has 0 spiro atoms. The van der Waals surface area contributed by atoms with Crippen LogP contribution in [0.4, 0.5) is 0 Å². The van der Waals surface area contributed by atoms with Crippen LogP contribution < -0.4 is 0 Å². The van der Waals surface area contributed by atoms with Crippen LogP contribution in [0.1, 0.15) is 4.28 Å². The van der Waals surface area contributed by atoms with E-state index in [1.165, 1.54) is 0 Å². The predicted molar refractivity (Wildman–Crippen MR) is 21.0 cm³/mol. The summed E-state index contributed by atoms with van der Waals surface area (Å²) in [5.41, 5.74) is 0. The Morgan fingerprint density at radius 3 is 1.80 bits per heavy atom. The molecule has 0 saturated heterocycles. The first-order valence-electron chi connectivity index (χ1n) is 0.651. The summed E-state index contributed by atoms with van der Waals surface area (Å²) in [5, 5.41) is 0. The maximum absolute atomic E-state index is 8.74. The molecular weight excluding hydrogens is 116 g/mol. The van der Waals surface area contributed by atoms with E-state index in [9.17, 15) is 0 Å². The van der Waals surface area contributed by atoms with E-state index >= 15 is 0 Å². The van der Waals surface area contributed by atoms with Gasteiger partial charge in [0.2, 0.25) is 0 Å². The summed E-state index contributed by atoms with van der Waals surface area (Å²) in [6, 6.07) is 0. The molecule has 30 valence electrons. The van der Waals surface area contributed by atoms with Crippen molar-refractivity contribution in [1.82, 2.24) is 0 Å². The molecule has 0 aliphatic heterocycles. The van der Waals surface area contributed by atoms with Crippen LogP contribution in [-0.2, 0) is 4.46 Å². The number of hydrogen-bond acceptors (Lipinski definition) is 1. The van der Waals surface area contributed by atoms with E-state index in [4.69, 9.17) is 14.1 Å². The molecule has 0 saturated carbocycles. The van der Waals surface area contributed by atoms with Gasteiger partial charge in [-0.1, -0.05) is 0 Å². The summed E-state index contributed by atoms with van der Waals surface area (Å²) in [7, 11) is -3.13. The van der Waals surface area contributed by atoms with Crippen molar-refractivity contribution in [2.75, 3.05) is 0 Å². The second-order valence-electron chi connectivity index (χ2n) is 0.283. The van der Waals surface area contributed by atoms with Gasteiger partial charge in [-0.3, -0.25) is 4.46 Å². The second-order valence-corrected chi connectivity index (χ2v) is 0.848. The summed E-state index contributed by atoms with van der Waals surface area (Å²) >= 11 is 0. The third kappa shape index (κ3) is 52.5. The van der Waals surface area contributed by atoms with Crippen molar-refractivity contribution in [2.45, 2.75) is 0 Å². The fourth-order valence-corrected chi connectivity index (χ4v) is 0. The Hall–Kier alpha value is 0.877. The topological polar surface area (TPSA) is 57.5 Å². The van der Waals surface area contributed by atoms with Crippen LogP contribution in [0.5, 0.6) is 0 Å². The van der Waals surface area contributed by atoms with Crippen molar-refractivity contribution in [1.29, 1.82) is 0 Å². The Morgan fingerprint density at radius 2 is 1.80 bits per heavy atom. The van der Waals surface area contributed by atoms with Gasteiger partial charge in [0.15, 0.2) is 0 Å². The first-order chi connectivity index (χ1) is 1.73. The van der Waals surface area contributed by atoms with Crippen molar-refractivity contribution in [3.05, 3.63) is 0 Å². The van der Waals surface area contributed by atoms with Gasteiger partial charge in [-0.25, -0.2) is 0 Å². The maximum atomic E-state index is 8.74. The molecule has 0 unspecified atom stereocenters. The van der Waals surface area contributed by atoms with Gasteiger partial charge in [-0.2, -0.15) is 0 Å². The smallest absolute Gasteiger partial charge is 1.00 e. The van der Waals surface area contributed by atoms with Crippen LogP contribution in [0.25, 0.3) is 0 Å². The standard InChI is InChI=1S/Ca.H2O3Si.H2.2H/c;1-4(2)3;;;/h;1-2H;1H;;/q+2;;;2*-1. The molecule has 0 atom stereocenters. The van der Waals surface area contributed by atoms with Gasteiger partial charge in [0.25, 0.3) is 0 Å². The molecule has 0 amide bonds. The van der Waals surface area contributed by atoms with Crippen molar-refractivity contribution < 1.29 is 18.3 Å². The average molecular weight is 122 g/mol. The minimum Gasteiger partial charge on any atom is -1.00 e. The summed E-state index contributed by atoms with van der Waals surface area (Å²) < 4.78 is 8.74. The minimum absolute atomic E-state index is 0. The zero-order chi connectivity index (χ0) is 3.58. The zero-order valence-electron chi connectivity index (χ0n) is 4.51. The third-order valence-electron chi connectivity index (χ3n) is 0. The van der Waals surface area contributed by atoms with Crippen LogP contribution >= 0.6 is 0 Å². The van der Waals surface area contributed by atoms with Gasteiger partial charge >= 0.3 is 46.9 Å². The fourth-order valence-electron chi connectivity index (χ4n) is 0. The van der Waals surface area contributed by atoms with Gasteiger partial charge in [-0.15, -0.1) is 0 Å². The van der Waals surface area contributed by atoms with E-state index in [1.807, 2.05) is 0 Å². The molecule has 0 aliphatic rings. The van der Waals surface area contributed by atoms with Crippen molar-refractivity contribution in [3.8, 4) is 0 Å². The first kappa shape index (κ1) is 9.30. The number of hydrogen-bond donors (Lipinski definition) is 2. The molecule has 0 bridgehead atoms. The van der Waals surface area contributed by atoms with Crippen LogP contribution in [-0.4, -0.2) is 56.5 Å². The van der Waals surface area contributed by atoms with Crippen molar-refractivity contribution >= 4 is 46.9 Å². The monoisotopic (exact) mass is 122 g/mol. The minimum atomic E-state index is -3.13. The molecule has 5 heteroatoms. The van der Waals surface area contributed by atoms with Gasteiger partial charge in [0.05, 0.1) is 0 Å². The summed E-state index contributed by atoms with van der Waals surface area (Å²) in [5.74, 6) is 0. The Balaban J connectivity index is -0.00000000750. The average Bonchev–Trinajstić information content (AvgIpc) is 0.811. The first-order valence-corrected chi connectivity index (χ1v) is 1.95. The number of rotatable bonds is 0. The SMILES string of the molecule is O=[Si](O)O.[Ca+2].[H-].[H-].[HH]. The van der Waals surface area contributed by atoms with E-state index < -0.39 is 9.17 Å². The molecule has 0 aromatic heterocycles. The van der Waals surface area contributed by atoms with E-state index in [0.717, 1.165) is 0 Å². The fraction of sp³-hybridized carbons (Fsp3) is 0. The summed E-state index contributed by atoms with van der Waals surface area (Å²) in [4.78, 5) is 14.3. The van der Waals surface area contributed by atoms with Crippen LogP contribution in [0.3, 0.4) is 0 Å². The van der Waals surface area contributed by atoms with E-state index in [1.54, 1.807) is 0 Å². The van der Waals surface area contributed by atoms with Crippen molar-refractivity contribution in [2.24, 2.45) is 0 Å². The van der Waals surface area contributed by atoms with Gasteiger partial charge < -0.3 is 12.4 Å². The van der Waals surface area contributed by atoms with Gasteiger partial charge in [0.1, 0.15) is 0 Å². The summed E-state index contributed by atoms with van der Waals surface area (Å²) in [6.45, 7) is 0. The van der Waals surface area contributed by atoms with Crippen molar-refractivity contribution in [3.63, 3.8) is 0 Å². The Labute approximate surface area is 65.0 Å². The largest absolute Gasteiger partial charge is 2.00 e. The molecule has 0 aliphatic carbocycles. The molecule has 0 aromatic carbocycles. The molecule has 0 rings (SSSR count). The zero-order valence-corrected chi connectivity index (χ0v) is 5.72. The van der Waals surface area contributed by atoms with Crippen LogP contribution in [0, 0.1) is 0 Å². The van der Waals surface area contributed by atoms with Gasteiger partial charge in [0, 0.05) is 1.43 Å². The second kappa shape index (κ2) is 4.88. The molecule has 0 radical (unpaired) electrons. The Morgan fingerprint density at radius 1 is 1.80 bits per heavy atom. The molecule has 0 fully saturated rings. The van der Waals surface area contributed by atoms with E-state index in [0.29, 0.717) is 0 Å². The van der Waals surface area contributed by atoms with Crippen LogP contribution in [0.15, 0.2) is 0 Å². The normalized spacial score (nSPS) is 4.80. The summed E-state index contributed by atoms with van der Waals surface area (Å²) in [6.07, 6.45) is 0. The molecule has 3 nitrogen and oxygen atoms in total. The molecule has 2 N–H and O–H groups in total. The molecule has 5 heavy (non-hydrogen) atoms. The molecule has 0 aromatic rings. The van der Waals surface area contributed by atoms with E-state index in [-0.39, 0.29) is 42.0 Å². The Kier molecular flexibility index (Phi) is 9.07. The Bertz CT molecular complexity index is 37.5. The molecular formula is H6CaO3Si. The molecule has 0 heterocycles. The maximum Gasteiger partial charge on any atom is 2.00 e. The van der Waals surface area contributed by atoms with E-state index in [2.05, 4.69) is 0 Å². The predicted octanol–water partition coefficient (Wildman–Crippen LogP) is -1.52. The third-order valence-corrected chi connectivity index (χ3v) is 0.